The number of hydrogen-bond acceptors (Lipinski definition) is 5. The molecule has 6 nitrogen and oxygen atoms in total. The molecule has 0 aliphatic carbocycles. The molecule has 0 spiro atoms. The molecule has 2 aromatic carbocycles. The number of halogens is 1. The van der Waals surface area contributed by atoms with Crippen LogP contribution in [0.15, 0.2) is 51.8 Å². The minimum Gasteiger partial charge on any atom is -0.495 e. The van der Waals surface area contributed by atoms with Crippen LogP contribution in [0.1, 0.15) is 0 Å². The molecule has 0 atom stereocenters. The minimum absolute atomic E-state index is 0.215. The summed E-state index contributed by atoms with van der Waals surface area (Å²) in [7, 11) is -0.00974. The summed E-state index contributed by atoms with van der Waals surface area (Å²) in [6.45, 7) is 3.51. The smallest absolute Gasteiger partial charge is 0.261 e. The third-order valence-corrected chi connectivity index (χ3v) is 6.25. The molecule has 0 aromatic heterocycles. The molecule has 1 aliphatic heterocycles. The molecule has 1 fully saturated rings. The number of nitrogens with one attached hydrogen (secondary N) is 1. The Morgan fingerprint density at radius 1 is 1.08 bits per heavy atom. The number of benzene rings is 2. The van der Waals surface area contributed by atoms with Crippen molar-refractivity contribution in [1.29, 1.82) is 0 Å². The Morgan fingerprint density at radius 2 is 1.81 bits per heavy atom. The second kappa shape index (κ2) is 7.85. The van der Waals surface area contributed by atoms with Gasteiger partial charge >= 0.3 is 0 Å². The van der Waals surface area contributed by atoms with Crippen LogP contribution in [0.4, 0.5) is 11.4 Å². The van der Waals surface area contributed by atoms with Crippen molar-refractivity contribution >= 4 is 37.3 Å². The van der Waals surface area contributed by atoms with Crippen LogP contribution in [0.2, 0.25) is 0 Å². The lowest BCUT2D eigenvalue weighted by molar-refractivity contribution is 0.311. The summed E-state index contributed by atoms with van der Waals surface area (Å²) < 4.78 is 34.5. The third-order valence-electron chi connectivity index (χ3n) is 4.38. The highest BCUT2D eigenvalue weighted by Crippen LogP contribution is 2.32. The zero-order valence-corrected chi connectivity index (χ0v) is 17.2. The summed E-state index contributed by atoms with van der Waals surface area (Å²) in [5, 5.41) is 0. The van der Waals surface area contributed by atoms with Gasteiger partial charge in [0.15, 0.2) is 0 Å². The highest BCUT2D eigenvalue weighted by Gasteiger charge is 2.22. The predicted molar refractivity (Wildman–Crippen MR) is 108 cm³/mol. The molecule has 1 N–H and O–H groups in total. The van der Waals surface area contributed by atoms with Gasteiger partial charge < -0.3 is 14.5 Å². The molecule has 1 saturated heterocycles. The standard InChI is InChI=1S/C18H22BrN3O3S/c1-21-8-10-22(11-9-21)17-13-16(6-7-18(17)25-2)26(23,24)20-15-5-3-4-14(19)12-15/h3-7,12-13,20H,8-11H2,1-2H3. The topological polar surface area (TPSA) is 61.9 Å². The highest BCUT2D eigenvalue weighted by atomic mass is 79.9. The first-order valence-electron chi connectivity index (χ1n) is 8.29. The number of piperazine rings is 1. The lowest BCUT2D eigenvalue weighted by Gasteiger charge is -2.34. The predicted octanol–water partition coefficient (Wildman–Crippen LogP) is 3.01. The number of sulfonamides is 1. The summed E-state index contributed by atoms with van der Waals surface area (Å²) >= 11 is 3.35. The van der Waals surface area contributed by atoms with E-state index in [2.05, 4.69) is 37.5 Å². The molecule has 1 aliphatic rings. The molecular weight excluding hydrogens is 418 g/mol. The molecule has 26 heavy (non-hydrogen) atoms. The van der Waals surface area contributed by atoms with E-state index in [1.807, 2.05) is 6.07 Å². The SMILES string of the molecule is COc1ccc(S(=O)(=O)Nc2cccc(Br)c2)cc1N1CCN(C)CC1. The van der Waals surface area contributed by atoms with Gasteiger partial charge in [-0.2, -0.15) is 0 Å². The fraction of sp³-hybridized carbons (Fsp3) is 0.333. The van der Waals surface area contributed by atoms with Gasteiger partial charge in [0.1, 0.15) is 5.75 Å². The van der Waals surface area contributed by atoms with Gasteiger partial charge in [0.2, 0.25) is 0 Å². The number of ether oxygens (including phenoxy) is 1. The van der Waals surface area contributed by atoms with Crippen molar-refractivity contribution in [2.45, 2.75) is 4.90 Å². The van der Waals surface area contributed by atoms with Crippen molar-refractivity contribution in [3.63, 3.8) is 0 Å². The van der Waals surface area contributed by atoms with Gasteiger partial charge in [-0.15, -0.1) is 0 Å². The van der Waals surface area contributed by atoms with Gasteiger partial charge in [0.05, 0.1) is 17.7 Å². The lowest BCUT2D eigenvalue weighted by Crippen LogP contribution is -2.44. The molecule has 0 saturated carbocycles. The summed E-state index contributed by atoms with van der Waals surface area (Å²) in [6.07, 6.45) is 0. The number of anilines is 2. The van der Waals surface area contributed by atoms with Crippen molar-refractivity contribution in [2.24, 2.45) is 0 Å². The summed E-state index contributed by atoms with van der Waals surface area (Å²) in [5.41, 5.74) is 1.31. The molecule has 0 radical (unpaired) electrons. The van der Waals surface area contributed by atoms with E-state index in [4.69, 9.17) is 4.74 Å². The molecule has 3 rings (SSSR count). The van der Waals surface area contributed by atoms with Gasteiger partial charge in [0.25, 0.3) is 10.0 Å². The molecule has 0 bridgehead atoms. The van der Waals surface area contributed by atoms with Crippen molar-refractivity contribution in [3.8, 4) is 5.75 Å². The Morgan fingerprint density at radius 3 is 2.46 bits per heavy atom. The first-order valence-corrected chi connectivity index (χ1v) is 10.6. The first-order chi connectivity index (χ1) is 12.4. The van der Waals surface area contributed by atoms with Crippen LogP contribution in [0.25, 0.3) is 0 Å². The third kappa shape index (κ3) is 4.31. The van der Waals surface area contributed by atoms with E-state index >= 15 is 0 Å². The zero-order valence-electron chi connectivity index (χ0n) is 14.8. The lowest BCUT2D eigenvalue weighted by atomic mass is 10.2. The zero-order chi connectivity index (χ0) is 18.7. The van der Waals surface area contributed by atoms with Crippen LogP contribution in [-0.2, 0) is 10.0 Å². The molecule has 8 heteroatoms. The van der Waals surface area contributed by atoms with Crippen LogP contribution < -0.4 is 14.4 Å². The average molecular weight is 440 g/mol. The van der Waals surface area contributed by atoms with Crippen molar-refractivity contribution in [3.05, 3.63) is 46.9 Å². The van der Waals surface area contributed by atoms with Crippen LogP contribution >= 0.6 is 15.9 Å². The van der Waals surface area contributed by atoms with Gasteiger partial charge in [-0.25, -0.2) is 8.42 Å². The van der Waals surface area contributed by atoms with E-state index in [-0.39, 0.29) is 4.90 Å². The van der Waals surface area contributed by atoms with Crippen molar-refractivity contribution in [2.75, 3.05) is 50.0 Å². The maximum Gasteiger partial charge on any atom is 0.261 e. The van der Waals surface area contributed by atoms with E-state index in [0.717, 1.165) is 36.3 Å². The normalized spacial score (nSPS) is 15.7. The van der Waals surface area contributed by atoms with Crippen molar-refractivity contribution in [1.82, 2.24) is 4.90 Å². The number of rotatable bonds is 5. The monoisotopic (exact) mass is 439 g/mol. The van der Waals surface area contributed by atoms with Crippen LogP contribution in [0.3, 0.4) is 0 Å². The van der Waals surface area contributed by atoms with Gasteiger partial charge in [-0.05, 0) is 43.4 Å². The molecule has 140 valence electrons. The second-order valence-electron chi connectivity index (χ2n) is 6.24. The highest BCUT2D eigenvalue weighted by molar-refractivity contribution is 9.10. The van der Waals surface area contributed by atoms with E-state index in [1.165, 1.54) is 0 Å². The van der Waals surface area contributed by atoms with E-state index in [1.54, 1.807) is 43.5 Å². The molecule has 0 amide bonds. The number of nitrogens with zero attached hydrogens (tertiary/aromatic N) is 2. The molecular formula is C18H22BrN3O3S. The Balaban J connectivity index is 1.91. The molecule has 1 heterocycles. The maximum atomic E-state index is 12.8. The van der Waals surface area contributed by atoms with Crippen LogP contribution in [0.5, 0.6) is 5.75 Å². The fourth-order valence-corrected chi connectivity index (χ4v) is 4.37. The molecule has 2 aromatic rings. The Kier molecular flexibility index (Phi) is 5.74. The van der Waals surface area contributed by atoms with Crippen molar-refractivity contribution < 1.29 is 13.2 Å². The molecule has 0 unspecified atom stereocenters. The number of likely N-dealkylation sites (N-methyl/N-ethyl adjacent to an activating group) is 1. The quantitative estimate of drug-likeness (QED) is 0.775. The van der Waals surface area contributed by atoms with Crippen LogP contribution in [0, 0.1) is 0 Å². The minimum atomic E-state index is -3.69. The first kappa shape index (κ1) is 19.0. The summed E-state index contributed by atoms with van der Waals surface area (Å²) in [5.74, 6) is 0.677. The van der Waals surface area contributed by atoms with E-state index in [0.29, 0.717) is 11.4 Å². The van der Waals surface area contributed by atoms with Gasteiger partial charge in [0, 0.05) is 36.3 Å². The van der Waals surface area contributed by atoms with Gasteiger partial charge in [-0.1, -0.05) is 22.0 Å². The number of hydrogen-bond donors (Lipinski definition) is 1. The van der Waals surface area contributed by atoms with Gasteiger partial charge in [-0.3, -0.25) is 4.72 Å². The summed E-state index contributed by atoms with van der Waals surface area (Å²) in [6, 6.07) is 12.0. The Bertz CT molecular complexity index is 881. The van der Waals surface area contributed by atoms with Crippen LogP contribution in [-0.4, -0.2) is 53.7 Å². The second-order valence-corrected chi connectivity index (χ2v) is 8.84. The maximum absolute atomic E-state index is 12.8. The number of methoxy groups -OCH3 is 1. The largest absolute Gasteiger partial charge is 0.495 e. The summed E-state index contributed by atoms with van der Waals surface area (Å²) in [4.78, 5) is 4.63. The Hall–Kier alpha value is -1.77. The van der Waals surface area contributed by atoms with E-state index < -0.39 is 10.0 Å². The average Bonchev–Trinajstić information content (AvgIpc) is 2.61. The fourth-order valence-electron chi connectivity index (χ4n) is 2.90. The van der Waals surface area contributed by atoms with E-state index in [9.17, 15) is 8.42 Å². The Labute approximate surface area is 162 Å².